The molecular formula is C13H14FN3OS2. The Balaban J connectivity index is 2.01. The standard InChI is InChI=1S/C13H14FN3OS2/c1-3-15-12-16-17-13(20-12)19-8(2)11(18)9-4-6-10(14)7-5-9/h4-8H,3H2,1-2H3,(H,15,16). The Bertz CT molecular complexity index is 586. The van der Waals surface area contributed by atoms with Crippen molar-refractivity contribution in [3.63, 3.8) is 0 Å². The van der Waals surface area contributed by atoms with Crippen LogP contribution in [0, 0.1) is 5.82 Å². The normalized spacial score (nSPS) is 12.2. The van der Waals surface area contributed by atoms with Gasteiger partial charge in [-0.2, -0.15) is 0 Å². The first kappa shape index (κ1) is 14.9. The molecule has 0 aliphatic rings. The number of carbonyl (C=O) groups is 1. The van der Waals surface area contributed by atoms with Gasteiger partial charge in [0.05, 0.1) is 5.25 Å². The van der Waals surface area contributed by atoms with Gasteiger partial charge in [0.1, 0.15) is 5.82 Å². The van der Waals surface area contributed by atoms with Crippen LogP contribution in [0.3, 0.4) is 0 Å². The summed E-state index contributed by atoms with van der Waals surface area (Å²) >= 11 is 2.78. The first-order chi connectivity index (χ1) is 9.60. The van der Waals surface area contributed by atoms with Crippen LogP contribution in [0.25, 0.3) is 0 Å². The van der Waals surface area contributed by atoms with Gasteiger partial charge < -0.3 is 5.32 Å². The van der Waals surface area contributed by atoms with E-state index in [9.17, 15) is 9.18 Å². The van der Waals surface area contributed by atoms with Gasteiger partial charge in [0.15, 0.2) is 10.1 Å². The molecule has 20 heavy (non-hydrogen) atoms. The van der Waals surface area contributed by atoms with Gasteiger partial charge in [0.25, 0.3) is 0 Å². The molecule has 0 fully saturated rings. The van der Waals surface area contributed by atoms with E-state index in [4.69, 9.17) is 0 Å². The fourth-order valence-electron chi connectivity index (χ4n) is 1.53. The molecule has 0 aliphatic heterocycles. The maximum Gasteiger partial charge on any atom is 0.206 e. The van der Waals surface area contributed by atoms with Crippen molar-refractivity contribution in [1.29, 1.82) is 0 Å². The molecule has 0 saturated heterocycles. The average Bonchev–Trinajstić information content (AvgIpc) is 2.86. The number of carbonyl (C=O) groups excluding carboxylic acids is 1. The molecule has 0 amide bonds. The molecular weight excluding hydrogens is 297 g/mol. The molecule has 106 valence electrons. The number of thioether (sulfide) groups is 1. The highest BCUT2D eigenvalue weighted by Gasteiger charge is 2.18. The van der Waals surface area contributed by atoms with E-state index >= 15 is 0 Å². The lowest BCUT2D eigenvalue weighted by molar-refractivity contribution is 0.0994. The molecule has 1 aromatic heterocycles. The maximum absolute atomic E-state index is 12.8. The topological polar surface area (TPSA) is 54.9 Å². The molecule has 1 atom stereocenters. The highest BCUT2D eigenvalue weighted by atomic mass is 32.2. The number of nitrogens with zero attached hydrogens (tertiary/aromatic N) is 2. The van der Waals surface area contributed by atoms with Crippen LogP contribution in [0.5, 0.6) is 0 Å². The van der Waals surface area contributed by atoms with Crippen LogP contribution in [-0.2, 0) is 0 Å². The van der Waals surface area contributed by atoms with Crippen LogP contribution in [-0.4, -0.2) is 27.8 Å². The number of anilines is 1. The summed E-state index contributed by atoms with van der Waals surface area (Å²) in [6.45, 7) is 4.57. The Morgan fingerprint density at radius 2 is 2.10 bits per heavy atom. The van der Waals surface area contributed by atoms with Crippen molar-refractivity contribution in [2.45, 2.75) is 23.4 Å². The van der Waals surface area contributed by atoms with Crippen molar-refractivity contribution in [3.05, 3.63) is 35.6 Å². The minimum Gasteiger partial charge on any atom is -0.360 e. The monoisotopic (exact) mass is 311 g/mol. The molecule has 4 nitrogen and oxygen atoms in total. The van der Waals surface area contributed by atoms with Gasteiger partial charge in [-0.1, -0.05) is 23.1 Å². The second-order valence-corrected chi connectivity index (χ2v) is 6.60. The van der Waals surface area contributed by atoms with Crippen LogP contribution in [0.4, 0.5) is 9.52 Å². The number of halogens is 1. The number of nitrogens with one attached hydrogen (secondary N) is 1. The maximum atomic E-state index is 12.8. The summed E-state index contributed by atoms with van der Waals surface area (Å²) in [6.07, 6.45) is 0. The SMILES string of the molecule is CCNc1nnc(SC(C)C(=O)c2ccc(F)cc2)s1. The van der Waals surface area contributed by atoms with E-state index in [2.05, 4.69) is 15.5 Å². The highest BCUT2D eigenvalue weighted by molar-refractivity contribution is 8.02. The van der Waals surface area contributed by atoms with Crippen LogP contribution in [0.2, 0.25) is 0 Å². The largest absolute Gasteiger partial charge is 0.360 e. The zero-order valence-corrected chi connectivity index (χ0v) is 12.7. The zero-order valence-electron chi connectivity index (χ0n) is 11.1. The number of aromatic nitrogens is 2. The molecule has 1 N–H and O–H groups in total. The molecule has 7 heteroatoms. The number of benzene rings is 1. The van der Waals surface area contributed by atoms with Gasteiger partial charge in [-0.15, -0.1) is 10.2 Å². The molecule has 0 radical (unpaired) electrons. The summed E-state index contributed by atoms with van der Waals surface area (Å²) in [7, 11) is 0. The van der Waals surface area contributed by atoms with E-state index < -0.39 is 0 Å². The van der Waals surface area contributed by atoms with Gasteiger partial charge in [0, 0.05) is 12.1 Å². The lowest BCUT2D eigenvalue weighted by atomic mass is 10.1. The first-order valence-corrected chi connectivity index (χ1v) is 7.83. The molecule has 2 aromatic rings. The lowest BCUT2D eigenvalue weighted by Crippen LogP contribution is -2.13. The van der Waals surface area contributed by atoms with Gasteiger partial charge in [0.2, 0.25) is 5.13 Å². The quantitative estimate of drug-likeness (QED) is 0.654. The smallest absolute Gasteiger partial charge is 0.206 e. The number of Topliss-reactive ketones (excluding diaryl/α,β-unsaturated/α-hetero) is 1. The molecule has 2 rings (SSSR count). The van der Waals surface area contributed by atoms with Crippen molar-refractivity contribution >= 4 is 34.0 Å². The number of rotatable bonds is 6. The minimum absolute atomic E-state index is 0.0461. The van der Waals surface area contributed by atoms with Gasteiger partial charge >= 0.3 is 0 Å². The van der Waals surface area contributed by atoms with Crippen molar-refractivity contribution in [1.82, 2.24) is 10.2 Å². The van der Waals surface area contributed by atoms with Crippen LogP contribution in [0.1, 0.15) is 24.2 Å². The summed E-state index contributed by atoms with van der Waals surface area (Å²) in [6, 6.07) is 5.58. The predicted molar refractivity (Wildman–Crippen MR) is 80.1 cm³/mol. The van der Waals surface area contributed by atoms with E-state index in [-0.39, 0.29) is 16.9 Å². The average molecular weight is 311 g/mol. The van der Waals surface area contributed by atoms with E-state index in [0.29, 0.717) is 5.56 Å². The van der Waals surface area contributed by atoms with Crippen LogP contribution >= 0.6 is 23.1 Å². The summed E-state index contributed by atoms with van der Waals surface area (Å²) < 4.78 is 13.6. The third-order valence-electron chi connectivity index (χ3n) is 2.51. The third kappa shape index (κ3) is 3.77. The Morgan fingerprint density at radius 1 is 1.40 bits per heavy atom. The Kier molecular flexibility index (Phi) is 5.08. The molecule has 0 bridgehead atoms. The van der Waals surface area contributed by atoms with E-state index in [1.54, 1.807) is 0 Å². The van der Waals surface area contributed by atoms with Crippen LogP contribution < -0.4 is 5.32 Å². The van der Waals surface area contributed by atoms with Crippen LogP contribution in [0.15, 0.2) is 28.6 Å². The second kappa shape index (κ2) is 6.81. The molecule has 0 spiro atoms. The van der Waals surface area contributed by atoms with Gasteiger partial charge in [-0.3, -0.25) is 4.79 Å². The summed E-state index contributed by atoms with van der Waals surface area (Å²) in [5.41, 5.74) is 0.503. The number of ketones is 1. The fourth-order valence-corrected chi connectivity index (χ4v) is 3.57. The van der Waals surface area contributed by atoms with E-state index in [1.807, 2.05) is 13.8 Å². The third-order valence-corrected chi connectivity index (χ3v) is 4.58. The molecule has 1 aromatic carbocycles. The van der Waals surface area contributed by atoms with Gasteiger partial charge in [-0.05, 0) is 38.1 Å². The first-order valence-electron chi connectivity index (χ1n) is 6.14. The Morgan fingerprint density at radius 3 is 2.75 bits per heavy atom. The molecule has 1 heterocycles. The highest BCUT2D eigenvalue weighted by Crippen LogP contribution is 2.30. The molecule has 0 saturated carbocycles. The fraction of sp³-hybridized carbons (Fsp3) is 0.308. The van der Waals surface area contributed by atoms with Crippen molar-refractivity contribution < 1.29 is 9.18 Å². The van der Waals surface area contributed by atoms with Crippen molar-refractivity contribution in [2.75, 3.05) is 11.9 Å². The second-order valence-electron chi connectivity index (χ2n) is 4.03. The summed E-state index contributed by atoms with van der Waals surface area (Å²) in [4.78, 5) is 12.2. The summed E-state index contributed by atoms with van der Waals surface area (Å²) in [5.74, 6) is -0.392. The zero-order chi connectivity index (χ0) is 14.5. The molecule has 0 aliphatic carbocycles. The number of hydrogen-bond donors (Lipinski definition) is 1. The van der Waals surface area contributed by atoms with E-state index in [0.717, 1.165) is 16.0 Å². The van der Waals surface area contributed by atoms with Gasteiger partial charge in [-0.25, -0.2) is 4.39 Å². The van der Waals surface area contributed by atoms with Crippen molar-refractivity contribution in [3.8, 4) is 0 Å². The lowest BCUT2D eigenvalue weighted by Gasteiger charge is -2.07. The molecule has 1 unspecified atom stereocenters. The number of hydrogen-bond acceptors (Lipinski definition) is 6. The Labute approximate surface area is 124 Å². The van der Waals surface area contributed by atoms with Crippen molar-refractivity contribution in [2.24, 2.45) is 0 Å². The Hall–Kier alpha value is -1.47. The minimum atomic E-state index is -0.346. The van der Waals surface area contributed by atoms with E-state index in [1.165, 1.54) is 47.4 Å². The summed E-state index contributed by atoms with van der Waals surface area (Å²) in [5, 5.41) is 11.5. The predicted octanol–water partition coefficient (Wildman–Crippen LogP) is 3.47.